The molecule has 0 fully saturated rings. The highest BCUT2D eigenvalue weighted by molar-refractivity contribution is 9.10. The second-order valence-corrected chi connectivity index (χ2v) is 8.51. The quantitative estimate of drug-likeness (QED) is 0.286. The predicted octanol–water partition coefficient (Wildman–Crippen LogP) is 6.23. The van der Waals surface area contributed by atoms with Crippen molar-refractivity contribution in [1.29, 1.82) is 0 Å². The molecule has 0 spiro atoms. The summed E-state index contributed by atoms with van der Waals surface area (Å²) in [6.07, 6.45) is -4.46. The number of rotatable bonds is 8. The minimum Gasteiger partial charge on any atom is -0.484 e. The lowest BCUT2D eigenvalue weighted by molar-refractivity contribution is -0.153. The highest BCUT2D eigenvalue weighted by atomic mass is 79.9. The van der Waals surface area contributed by atoms with Crippen LogP contribution in [0.5, 0.6) is 5.75 Å². The van der Waals surface area contributed by atoms with Gasteiger partial charge in [-0.3, -0.25) is 9.48 Å². The molecule has 4 aromatic rings. The molecule has 0 radical (unpaired) electrons. The molecule has 1 amide bonds. The third-order valence-corrected chi connectivity index (χ3v) is 5.89. The number of amides is 1. The van der Waals surface area contributed by atoms with E-state index < -0.39 is 18.7 Å². The van der Waals surface area contributed by atoms with Gasteiger partial charge in [-0.05, 0) is 27.6 Å². The molecule has 1 aromatic heterocycles. The lowest BCUT2D eigenvalue weighted by atomic mass is 10.1. The van der Waals surface area contributed by atoms with Crippen LogP contribution in [0.15, 0.2) is 89.4 Å². The van der Waals surface area contributed by atoms with Gasteiger partial charge in [0, 0.05) is 17.7 Å². The molecule has 9 heteroatoms. The summed E-state index contributed by atoms with van der Waals surface area (Å²) in [7, 11) is 0. The number of benzene rings is 3. The maximum Gasteiger partial charge on any atom is 0.422 e. The standard InChI is InChI=1S/C26H21BrF3N3O2/c27-22-23(25(34)31-15-20-13-7-8-14-21(20)35-17-26(28,29)30)32-33(16-18-9-3-1-4-10-18)24(22)19-11-5-2-6-12-19/h1-14H,15-17H2,(H,31,34). The van der Waals surface area contributed by atoms with Gasteiger partial charge in [0.15, 0.2) is 12.3 Å². The number of carbonyl (C=O) groups is 1. The lowest BCUT2D eigenvalue weighted by Crippen LogP contribution is -2.25. The number of para-hydroxylation sites is 1. The average molecular weight is 544 g/mol. The van der Waals surface area contributed by atoms with Crippen molar-refractivity contribution in [2.45, 2.75) is 19.3 Å². The fourth-order valence-electron chi connectivity index (χ4n) is 3.54. The van der Waals surface area contributed by atoms with Gasteiger partial charge >= 0.3 is 6.18 Å². The van der Waals surface area contributed by atoms with Crippen LogP contribution in [-0.2, 0) is 13.1 Å². The van der Waals surface area contributed by atoms with E-state index in [1.165, 1.54) is 6.07 Å². The molecule has 0 saturated heterocycles. The van der Waals surface area contributed by atoms with Crippen molar-refractivity contribution < 1.29 is 22.7 Å². The Morgan fingerprint density at radius 1 is 0.943 bits per heavy atom. The summed E-state index contributed by atoms with van der Waals surface area (Å²) in [5.74, 6) is -0.407. The normalized spacial score (nSPS) is 11.3. The number of ether oxygens (including phenoxy) is 1. The Kier molecular flexibility index (Phi) is 7.55. The summed E-state index contributed by atoms with van der Waals surface area (Å²) < 4.78 is 44.9. The molecule has 0 unspecified atom stereocenters. The first-order valence-corrected chi connectivity index (χ1v) is 11.5. The topological polar surface area (TPSA) is 56.1 Å². The van der Waals surface area contributed by atoms with E-state index in [2.05, 4.69) is 26.3 Å². The maximum atomic E-state index is 13.1. The third kappa shape index (κ3) is 6.30. The average Bonchev–Trinajstić information content (AvgIpc) is 3.18. The summed E-state index contributed by atoms with van der Waals surface area (Å²) >= 11 is 3.55. The van der Waals surface area contributed by atoms with E-state index in [-0.39, 0.29) is 18.0 Å². The number of aromatic nitrogens is 2. The van der Waals surface area contributed by atoms with Crippen molar-refractivity contribution >= 4 is 21.8 Å². The number of carbonyl (C=O) groups excluding carboxylic acids is 1. The van der Waals surface area contributed by atoms with Gasteiger partial charge in [0.1, 0.15) is 5.75 Å². The molecular weight excluding hydrogens is 523 g/mol. The van der Waals surface area contributed by atoms with Crippen LogP contribution in [0.4, 0.5) is 13.2 Å². The zero-order valence-corrected chi connectivity index (χ0v) is 20.0. The molecule has 35 heavy (non-hydrogen) atoms. The molecule has 5 nitrogen and oxygen atoms in total. The molecule has 0 aliphatic carbocycles. The van der Waals surface area contributed by atoms with E-state index in [0.717, 1.165) is 16.8 Å². The molecule has 0 aliphatic heterocycles. The van der Waals surface area contributed by atoms with Crippen LogP contribution in [0.3, 0.4) is 0 Å². The first-order valence-electron chi connectivity index (χ1n) is 10.7. The fraction of sp³-hybridized carbons (Fsp3) is 0.154. The Morgan fingerprint density at radius 2 is 1.57 bits per heavy atom. The van der Waals surface area contributed by atoms with E-state index in [1.807, 2.05) is 60.7 Å². The molecule has 1 heterocycles. The number of hydrogen-bond acceptors (Lipinski definition) is 3. The lowest BCUT2D eigenvalue weighted by Gasteiger charge is -2.13. The van der Waals surface area contributed by atoms with Gasteiger partial charge < -0.3 is 10.1 Å². The Bertz CT molecular complexity index is 1290. The van der Waals surface area contributed by atoms with Crippen molar-refractivity contribution in [2.24, 2.45) is 0 Å². The molecular formula is C26H21BrF3N3O2. The van der Waals surface area contributed by atoms with Crippen molar-refractivity contribution in [2.75, 3.05) is 6.61 Å². The SMILES string of the molecule is O=C(NCc1ccccc1OCC(F)(F)F)c1nn(Cc2ccccc2)c(-c2ccccc2)c1Br. The second-order valence-electron chi connectivity index (χ2n) is 7.71. The summed E-state index contributed by atoms with van der Waals surface area (Å²) in [5, 5.41) is 7.31. The van der Waals surface area contributed by atoms with Gasteiger partial charge in [-0.1, -0.05) is 78.9 Å². The number of nitrogens with one attached hydrogen (secondary N) is 1. The van der Waals surface area contributed by atoms with Crippen LogP contribution in [-0.4, -0.2) is 28.5 Å². The van der Waals surface area contributed by atoms with E-state index in [9.17, 15) is 18.0 Å². The minimum atomic E-state index is -4.46. The van der Waals surface area contributed by atoms with Gasteiger partial charge in [0.2, 0.25) is 0 Å². The van der Waals surface area contributed by atoms with E-state index in [4.69, 9.17) is 4.74 Å². The molecule has 0 bridgehead atoms. The van der Waals surface area contributed by atoms with Gasteiger partial charge in [-0.25, -0.2) is 0 Å². The van der Waals surface area contributed by atoms with Crippen molar-refractivity contribution in [3.05, 3.63) is 106 Å². The minimum absolute atomic E-state index is 0.0223. The van der Waals surface area contributed by atoms with Crippen molar-refractivity contribution in [3.8, 4) is 17.0 Å². The first-order chi connectivity index (χ1) is 16.8. The van der Waals surface area contributed by atoms with Crippen LogP contribution in [0.1, 0.15) is 21.6 Å². The molecule has 0 saturated carbocycles. The molecule has 4 rings (SSSR count). The van der Waals surface area contributed by atoms with Gasteiger partial charge in [-0.2, -0.15) is 18.3 Å². The highest BCUT2D eigenvalue weighted by Gasteiger charge is 2.29. The zero-order chi connectivity index (χ0) is 24.8. The van der Waals surface area contributed by atoms with E-state index in [1.54, 1.807) is 22.9 Å². The molecule has 0 atom stereocenters. The number of hydrogen-bond donors (Lipinski definition) is 1. The Hall–Kier alpha value is -3.59. The monoisotopic (exact) mass is 543 g/mol. The summed E-state index contributed by atoms with van der Waals surface area (Å²) in [4.78, 5) is 13.1. The largest absolute Gasteiger partial charge is 0.484 e. The van der Waals surface area contributed by atoms with E-state index in [0.29, 0.717) is 16.6 Å². The fourth-order valence-corrected chi connectivity index (χ4v) is 4.23. The maximum absolute atomic E-state index is 13.1. The van der Waals surface area contributed by atoms with Crippen molar-refractivity contribution in [3.63, 3.8) is 0 Å². The molecule has 3 aromatic carbocycles. The van der Waals surface area contributed by atoms with Gasteiger partial charge in [0.25, 0.3) is 5.91 Å². The van der Waals surface area contributed by atoms with Crippen LogP contribution in [0.25, 0.3) is 11.3 Å². The van der Waals surface area contributed by atoms with Gasteiger partial charge in [0.05, 0.1) is 16.7 Å². The number of halogens is 4. The number of alkyl halides is 3. The highest BCUT2D eigenvalue weighted by Crippen LogP contribution is 2.32. The molecule has 1 N–H and O–H groups in total. The van der Waals surface area contributed by atoms with Crippen LogP contribution < -0.4 is 10.1 Å². The Balaban J connectivity index is 1.58. The summed E-state index contributed by atoms with van der Waals surface area (Å²) in [6, 6.07) is 25.6. The van der Waals surface area contributed by atoms with Crippen molar-refractivity contribution in [1.82, 2.24) is 15.1 Å². The third-order valence-electron chi connectivity index (χ3n) is 5.14. The summed E-state index contributed by atoms with van der Waals surface area (Å²) in [5.41, 5.74) is 3.24. The number of nitrogens with zero attached hydrogens (tertiary/aromatic N) is 2. The van der Waals surface area contributed by atoms with Crippen LogP contribution in [0.2, 0.25) is 0 Å². The smallest absolute Gasteiger partial charge is 0.422 e. The Labute approximate surface area is 208 Å². The van der Waals surface area contributed by atoms with E-state index >= 15 is 0 Å². The second kappa shape index (κ2) is 10.8. The zero-order valence-electron chi connectivity index (χ0n) is 18.4. The molecule has 180 valence electrons. The Morgan fingerprint density at radius 3 is 2.26 bits per heavy atom. The van der Waals surface area contributed by atoms with Crippen LogP contribution >= 0.6 is 15.9 Å². The van der Waals surface area contributed by atoms with Crippen LogP contribution in [0, 0.1) is 0 Å². The first kappa shape index (κ1) is 24.5. The molecule has 0 aliphatic rings. The summed E-state index contributed by atoms with van der Waals surface area (Å²) in [6.45, 7) is -0.982. The van der Waals surface area contributed by atoms with Gasteiger partial charge in [-0.15, -0.1) is 0 Å². The predicted molar refractivity (Wildman–Crippen MR) is 130 cm³/mol.